The van der Waals surface area contributed by atoms with Crippen molar-refractivity contribution in [3.63, 3.8) is 0 Å². The van der Waals surface area contributed by atoms with Gasteiger partial charge in [0.1, 0.15) is 6.07 Å². The Morgan fingerprint density at radius 1 is 0.600 bits per heavy atom. The van der Waals surface area contributed by atoms with Gasteiger partial charge in [-0.3, -0.25) is 4.98 Å². The Bertz CT molecular complexity index is 1720. The minimum atomic E-state index is 0.148. The summed E-state index contributed by atoms with van der Waals surface area (Å²) in [6.45, 7) is 0. The van der Waals surface area contributed by atoms with Gasteiger partial charge in [0.05, 0.1) is 5.56 Å². The number of aromatic nitrogens is 1. The fourth-order valence-corrected chi connectivity index (χ4v) is 5.89. The summed E-state index contributed by atoms with van der Waals surface area (Å²) in [5.74, 6) is 0.148. The van der Waals surface area contributed by atoms with Gasteiger partial charge in [-0.05, 0) is 61.0 Å². The zero-order chi connectivity index (χ0) is 23.4. The van der Waals surface area contributed by atoms with Crippen LogP contribution in [0.15, 0.2) is 116 Å². The number of fused-ring (bicyclic) bond motifs is 5. The quantitative estimate of drug-likeness (QED) is 0.253. The molecular weight excluding hydrogens is 424 g/mol. The van der Waals surface area contributed by atoms with Crippen molar-refractivity contribution in [2.24, 2.45) is 0 Å². The second kappa shape index (κ2) is 7.65. The number of rotatable bonds is 2. The third-order valence-electron chi connectivity index (χ3n) is 7.25. The van der Waals surface area contributed by atoms with Gasteiger partial charge in [-0.2, -0.15) is 5.26 Å². The normalized spacial score (nSPS) is 12.4. The Labute approximate surface area is 203 Å². The first-order valence-corrected chi connectivity index (χ1v) is 11.8. The predicted octanol–water partition coefficient (Wildman–Crippen LogP) is 8.09. The molecule has 0 bridgehead atoms. The van der Waals surface area contributed by atoms with E-state index in [1.54, 1.807) is 6.20 Å². The van der Waals surface area contributed by atoms with E-state index in [0.717, 1.165) is 11.1 Å². The van der Waals surface area contributed by atoms with Crippen LogP contribution in [0.3, 0.4) is 0 Å². The lowest BCUT2D eigenvalue weighted by atomic mass is 9.80. The fraction of sp³-hybridized carbons (Fsp3) is 0.0303. The molecule has 162 valence electrons. The largest absolute Gasteiger partial charge is 0.263 e. The van der Waals surface area contributed by atoms with E-state index in [-0.39, 0.29) is 5.92 Å². The summed E-state index contributed by atoms with van der Waals surface area (Å²) < 4.78 is 0. The zero-order valence-electron chi connectivity index (χ0n) is 18.9. The molecule has 5 aromatic carbocycles. The summed E-state index contributed by atoms with van der Waals surface area (Å²) in [5.41, 5.74) is 9.33. The third-order valence-corrected chi connectivity index (χ3v) is 7.25. The molecule has 1 aromatic heterocycles. The van der Waals surface area contributed by atoms with E-state index >= 15 is 0 Å². The van der Waals surface area contributed by atoms with Crippen molar-refractivity contribution < 1.29 is 0 Å². The molecular formula is C33H20N2. The highest BCUT2D eigenvalue weighted by molar-refractivity contribution is 6.16. The average Bonchev–Trinajstić information content (AvgIpc) is 3.26. The smallest absolute Gasteiger partial charge is 0.101 e. The minimum Gasteiger partial charge on any atom is -0.263 e. The zero-order valence-corrected chi connectivity index (χ0v) is 18.9. The summed E-state index contributed by atoms with van der Waals surface area (Å²) in [5, 5.41) is 14.4. The van der Waals surface area contributed by atoms with Crippen molar-refractivity contribution in [2.75, 3.05) is 0 Å². The van der Waals surface area contributed by atoms with E-state index in [0.29, 0.717) is 5.56 Å². The van der Waals surface area contributed by atoms with Gasteiger partial charge in [-0.15, -0.1) is 0 Å². The number of pyridine rings is 1. The molecule has 0 fully saturated rings. The van der Waals surface area contributed by atoms with Gasteiger partial charge in [0.2, 0.25) is 0 Å². The number of benzene rings is 5. The SMILES string of the molecule is N#Cc1cncc(-c2c3ccccc3c(C3c4ccccc4-c4ccccc43)c3ccccc23)c1. The van der Waals surface area contributed by atoms with E-state index in [4.69, 9.17) is 0 Å². The van der Waals surface area contributed by atoms with Crippen molar-refractivity contribution in [2.45, 2.75) is 5.92 Å². The molecule has 0 radical (unpaired) electrons. The summed E-state index contributed by atoms with van der Waals surface area (Å²) in [7, 11) is 0. The molecule has 0 saturated carbocycles. The molecule has 1 aliphatic carbocycles. The summed E-state index contributed by atoms with van der Waals surface area (Å²) in [6.07, 6.45) is 3.49. The van der Waals surface area contributed by atoms with Crippen LogP contribution in [0, 0.1) is 11.3 Å². The average molecular weight is 445 g/mol. The maximum absolute atomic E-state index is 9.52. The van der Waals surface area contributed by atoms with Crippen molar-refractivity contribution in [1.29, 1.82) is 5.26 Å². The molecule has 0 saturated heterocycles. The lowest BCUT2D eigenvalue weighted by Crippen LogP contribution is -2.03. The van der Waals surface area contributed by atoms with Crippen LogP contribution in [0.25, 0.3) is 43.8 Å². The molecule has 0 atom stereocenters. The second-order valence-corrected chi connectivity index (χ2v) is 9.06. The van der Waals surface area contributed by atoms with E-state index in [2.05, 4.69) is 108 Å². The van der Waals surface area contributed by atoms with Gasteiger partial charge in [0.25, 0.3) is 0 Å². The molecule has 35 heavy (non-hydrogen) atoms. The molecule has 1 aliphatic rings. The molecule has 0 amide bonds. The monoisotopic (exact) mass is 444 g/mol. The predicted molar refractivity (Wildman–Crippen MR) is 142 cm³/mol. The summed E-state index contributed by atoms with van der Waals surface area (Å²) in [6, 6.07) is 39.1. The van der Waals surface area contributed by atoms with Gasteiger partial charge in [-0.1, -0.05) is 97.1 Å². The molecule has 2 heteroatoms. The molecule has 2 nitrogen and oxygen atoms in total. The van der Waals surface area contributed by atoms with Gasteiger partial charge < -0.3 is 0 Å². The highest BCUT2D eigenvalue weighted by atomic mass is 14.6. The van der Waals surface area contributed by atoms with Crippen molar-refractivity contribution in [1.82, 2.24) is 4.98 Å². The van der Waals surface area contributed by atoms with Crippen LogP contribution in [0.2, 0.25) is 0 Å². The first kappa shape index (κ1) is 19.7. The summed E-state index contributed by atoms with van der Waals surface area (Å²) >= 11 is 0. The van der Waals surface area contributed by atoms with Crippen LogP contribution in [0.4, 0.5) is 0 Å². The second-order valence-electron chi connectivity index (χ2n) is 9.06. The van der Waals surface area contributed by atoms with Crippen molar-refractivity contribution in [3.8, 4) is 28.3 Å². The lowest BCUT2D eigenvalue weighted by molar-refractivity contribution is 1.04. The number of nitriles is 1. The highest BCUT2D eigenvalue weighted by Crippen LogP contribution is 2.52. The molecule has 0 N–H and O–H groups in total. The Balaban J connectivity index is 1.65. The minimum absolute atomic E-state index is 0.148. The van der Waals surface area contributed by atoms with Gasteiger partial charge in [0, 0.05) is 23.9 Å². The van der Waals surface area contributed by atoms with E-state index in [1.165, 1.54) is 49.4 Å². The molecule has 7 rings (SSSR count). The van der Waals surface area contributed by atoms with Crippen molar-refractivity contribution in [3.05, 3.63) is 138 Å². The van der Waals surface area contributed by atoms with Gasteiger partial charge in [0.15, 0.2) is 0 Å². The van der Waals surface area contributed by atoms with E-state index in [9.17, 15) is 5.26 Å². The van der Waals surface area contributed by atoms with E-state index in [1.807, 2.05) is 12.3 Å². The molecule has 0 aliphatic heterocycles. The maximum atomic E-state index is 9.52. The Morgan fingerprint density at radius 3 is 1.69 bits per heavy atom. The fourth-order valence-electron chi connectivity index (χ4n) is 5.89. The Morgan fingerprint density at radius 2 is 1.11 bits per heavy atom. The van der Waals surface area contributed by atoms with Crippen LogP contribution in [-0.4, -0.2) is 4.98 Å². The molecule has 0 unspecified atom stereocenters. The Kier molecular flexibility index (Phi) is 4.31. The van der Waals surface area contributed by atoms with E-state index < -0.39 is 0 Å². The molecule has 6 aromatic rings. The van der Waals surface area contributed by atoms with Crippen molar-refractivity contribution >= 4 is 21.5 Å². The maximum Gasteiger partial charge on any atom is 0.101 e. The van der Waals surface area contributed by atoms with Gasteiger partial charge in [-0.25, -0.2) is 0 Å². The van der Waals surface area contributed by atoms with Crippen LogP contribution < -0.4 is 0 Å². The van der Waals surface area contributed by atoms with Crippen LogP contribution in [0.5, 0.6) is 0 Å². The first-order valence-electron chi connectivity index (χ1n) is 11.8. The first-order chi connectivity index (χ1) is 17.3. The van der Waals surface area contributed by atoms with Gasteiger partial charge >= 0.3 is 0 Å². The van der Waals surface area contributed by atoms with Crippen LogP contribution in [-0.2, 0) is 0 Å². The van der Waals surface area contributed by atoms with Crippen LogP contribution in [0.1, 0.15) is 28.2 Å². The third kappa shape index (κ3) is 2.86. The lowest BCUT2D eigenvalue weighted by Gasteiger charge is -2.22. The standard InChI is InChI=1S/C33H20N2/c34-18-21-17-22(20-35-19-21)31-27-13-5-7-15-29(27)33(30-16-8-6-14-28(30)31)32-25-11-3-1-9-23(25)24-10-2-4-12-26(24)32/h1-17,19-20,32H. The Hall–Kier alpha value is -4.74. The molecule has 1 heterocycles. The number of hydrogen-bond donors (Lipinski definition) is 0. The topological polar surface area (TPSA) is 36.7 Å². The molecule has 0 spiro atoms. The highest BCUT2D eigenvalue weighted by Gasteiger charge is 2.32. The van der Waals surface area contributed by atoms with Crippen LogP contribution >= 0.6 is 0 Å². The number of nitrogens with zero attached hydrogens (tertiary/aromatic N) is 2. The number of hydrogen-bond acceptors (Lipinski definition) is 2. The summed E-state index contributed by atoms with van der Waals surface area (Å²) in [4.78, 5) is 4.38.